The molecule has 0 unspecified atom stereocenters. The van der Waals surface area contributed by atoms with Gasteiger partial charge < -0.3 is 54.0 Å². The van der Waals surface area contributed by atoms with Crippen molar-refractivity contribution in [3.63, 3.8) is 0 Å². The van der Waals surface area contributed by atoms with Crippen molar-refractivity contribution in [2.45, 2.75) is 30.7 Å². The molecule has 1 saturated heterocycles. The van der Waals surface area contributed by atoms with Gasteiger partial charge in [-0.2, -0.15) is 0 Å². The van der Waals surface area contributed by atoms with Crippen LogP contribution in [0, 0.1) is 0 Å². The zero-order valence-corrected chi connectivity index (χ0v) is 17.5. The predicted octanol–water partition coefficient (Wildman–Crippen LogP) is -0.447. The lowest BCUT2D eigenvalue weighted by molar-refractivity contribution is -0.277. The summed E-state index contributed by atoms with van der Waals surface area (Å²) >= 11 is 0. The fourth-order valence-electron chi connectivity index (χ4n) is 3.75. The molecule has 3 aromatic rings. The maximum atomic E-state index is 13.4. The summed E-state index contributed by atoms with van der Waals surface area (Å²) in [5, 5.41) is 59.9. The fraction of sp³-hybridized carbons (Fsp3) is 0.381. The molecule has 178 valence electrons. The molecule has 0 radical (unpaired) electrons. The molecule has 6 N–H and O–H groups in total. The molecule has 33 heavy (non-hydrogen) atoms. The second-order valence-corrected chi connectivity index (χ2v) is 7.37. The number of hydrogen-bond acceptors (Lipinski definition) is 12. The molecular weight excluding hydrogens is 444 g/mol. The van der Waals surface area contributed by atoms with Gasteiger partial charge in [-0.05, 0) is 12.1 Å². The van der Waals surface area contributed by atoms with Gasteiger partial charge >= 0.3 is 0 Å². The standard InChI is InChI=1S/C21H22O12/c1-29-10-5-9(32-21-18(28)17(27)14(24)11(6-22)33-21)13-16(26)12-8(31-20(13)15(10)25)4-3-7(23)19(12)30-2/h3-5,11,14,17-18,21-25,27-28H,6H2,1-2H3/t11-,14-,17+,18-,21-/m1/s1. The van der Waals surface area contributed by atoms with Crippen LogP contribution < -0.4 is 19.6 Å². The summed E-state index contributed by atoms with van der Waals surface area (Å²) in [6.45, 7) is -0.687. The molecule has 0 spiro atoms. The highest BCUT2D eigenvalue weighted by atomic mass is 16.7. The second kappa shape index (κ2) is 8.57. The van der Waals surface area contributed by atoms with E-state index in [-0.39, 0.29) is 44.9 Å². The first-order valence-corrected chi connectivity index (χ1v) is 9.77. The average Bonchev–Trinajstić information content (AvgIpc) is 2.81. The van der Waals surface area contributed by atoms with Gasteiger partial charge in [0.1, 0.15) is 46.5 Å². The van der Waals surface area contributed by atoms with Gasteiger partial charge in [0.2, 0.25) is 17.5 Å². The van der Waals surface area contributed by atoms with Crippen LogP contribution in [0.3, 0.4) is 0 Å². The Bertz CT molecular complexity index is 1250. The largest absolute Gasteiger partial charge is 0.504 e. The van der Waals surface area contributed by atoms with Crippen molar-refractivity contribution < 1.29 is 54.0 Å². The molecule has 1 aliphatic rings. The van der Waals surface area contributed by atoms with Crippen LogP contribution in [0.25, 0.3) is 21.9 Å². The first kappa shape index (κ1) is 22.9. The predicted molar refractivity (Wildman–Crippen MR) is 111 cm³/mol. The highest BCUT2D eigenvalue weighted by molar-refractivity contribution is 6.00. The summed E-state index contributed by atoms with van der Waals surface area (Å²) in [6.07, 6.45) is -7.98. The third-order valence-corrected chi connectivity index (χ3v) is 5.46. The number of aliphatic hydroxyl groups is 4. The zero-order chi connectivity index (χ0) is 24.0. The number of rotatable bonds is 5. The Morgan fingerprint density at radius 2 is 1.70 bits per heavy atom. The minimum Gasteiger partial charge on any atom is -0.504 e. The number of phenolic OH excluding ortho intramolecular Hbond substituents is 2. The third kappa shape index (κ3) is 3.57. The zero-order valence-electron chi connectivity index (χ0n) is 17.5. The lowest BCUT2D eigenvalue weighted by Crippen LogP contribution is -2.60. The minimum atomic E-state index is -1.76. The van der Waals surface area contributed by atoms with Crippen LogP contribution in [-0.2, 0) is 4.74 Å². The summed E-state index contributed by atoms with van der Waals surface area (Å²) in [6, 6.07) is 3.70. The Morgan fingerprint density at radius 1 is 0.970 bits per heavy atom. The maximum absolute atomic E-state index is 13.4. The summed E-state index contributed by atoms with van der Waals surface area (Å²) in [5.74, 6) is -1.43. The van der Waals surface area contributed by atoms with Gasteiger partial charge in [-0.1, -0.05) is 0 Å². The quantitative estimate of drug-likeness (QED) is 0.266. The first-order chi connectivity index (χ1) is 15.7. The van der Waals surface area contributed by atoms with E-state index in [4.69, 9.17) is 23.4 Å². The number of methoxy groups -OCH3 is 2. The Balaban J connectivity index is 1.96. The van der Waals surface area contributed by atoms with E-state index in [9.17, 15) is 35.4 Å². The van der Waals surface area contributed by atoms with Gasteiger partial charge in [0, 0.05) is 6.07 Å². The van der Waals surface area contributed by atoms with E-state index in [1.165, 1.54) is 26.4 Å². The Kier molecular flexibility index (Phi) is 5.95. The molecule has 1 fully saturated rings. The molecule has 0 bridgehead atoms. The summed E-state index contributed by atoms with van der Waals surface area (Å²) in [4.78, 5) is 13.4. The highest BCUT2D eigenvalue weighted by Gasteiger charge is 2.45. The lowest BCUT2D eigenvalue weighted by Gasteiger charge is -2.39. The van der Waals surface area contributed by atoms with Crippen molar-refractivity contribution in [2.24, 2.45) is 0 Å². The van der Waals surface area contributed by atoms with Gasteiger partial charge in [0.15, 0.2) is 22.8 Å². The number of benzene rings is 2. The van der Waals surface area contributed by atoms with Gasteiger partial charge in [-0.3, -0.25) is 4.79 Å². The number of ether oxygens (including phenoxy) is 4. The van der Waals surface area contributed by atoms with Crippen LogP contribution in [0.15, 0.2) is 27.4 Å². The Labute approximate surface area is 185 Å². The maximum Gasteiger partial charge on any atom is 0.229 e. The van der Waals surface area contributed by atoms with Gasteiger partial charge in [-0.25, -0.2) is 0 Å². The van der Waals surface area contributed by atoms with Crippen LogP contribution in [0.1, 0.15) is 0 Å². The Morgan fingerprint density at radius 3 is 2.33 bits per heavy atom. The SMILES string of the molecule is COc1cc(O[C@@H]2O[C@H](CO)[C@@H](O)[C@H](O)[C@H]2O)c2c(=O)c3c(OC)c(O)ccc3oc2c1O. The number of aliphatic hydroxyl groups excluding tert-OH is 4. The van der Waals surface area contributed by atoms with E-state index < -0.39 is 48.5 Å². The van der Waals surface area contributed by atoms with Crippen molar-refractivity contribution in [3.8, 4) is 28.7 Å². The summed E-state index contributed by atoms with van der Waals surface area (Å²) in [5.41, 5.74) is -1.08. The molecular formula is C21H22O12. The van der Waals surface area contributed by atoms with Gasteiger partial charge in [-0.15, -0.1) is 0 Å². The topological polar surface area (TPSA) is 189 Å². The molecule has 5 atom stereocenters. The molecule has 0 saturated carbocycles. The van der Waals surface area contributed by atoms with E-state index in [2.05, 4.69) is 0 Å². The fourth-order valence-corrected chi connectivity index (χ4v) is 3.75. The van der Waals surface area contributed by atoms with Crippen LogP contribution in [0.4, 0.5) is 0 Å². The van der Waals surface area contributed by atoms with Crippen molar-refractivity contribution in [3.05, 3.63) is 28.4 Å². The van der Waals surface area contributed by atoms with Crippen molar-refractivity contribution >= 4 is 21.9 Å². The first-order valence-electron chi connectivity index (χ1n) is 9.77. The highest BCUT2D eigenvalue weighted by Crippen LogP contribution is 2.43. The summed E-state index contributed by atoms with van der Waals surface area (Å²) < 4.78 is 27.0. The van der Waals surface area contributed by atoms with Crippen LogP contribution >= 0.6 is 0 Å². The minimum absolute atomic E-state index is 0.00973. The van der Waals surface area contributed by atoms with Crippen LogP contribution in [-0.4, -0.2) is 82.2 Å². The summed E-state index contributed by atoms with van der Waals surface area (Å²) in [7, 11) is 2.49. The van der Waals surface area contributed by atoms with Crippen molar-refractivity contribution in [1.82, 2.24) is 0 Å². The number of fused-ring (bicyclic) bond motifs is 2. The van der Waals surface area contributed by atoms with E-state index in [1.54, 1.807) is 0 Å². The monoisotopic (exact) mass is 466 g/mol. The Hall–Kier alpha value is -3.29. The van der Waals surface area contributed by atoms with E-state index in [1.807, 2.05) is 0 Å². The van der Waals surface area contributed by atoms with E-state index >= 15 is 0 Å². The number of phenols is 2. The molecule has 0 amide bonds. The molecule has 2 heterocycles. The smallest absolute Gasteiger partial charge is 0.229 e. The van der Waals surface area contributed by atoms with Crippen molar-refractivity contribution in [1.29, 1.82) is 0 Å². The average molecular weight is 466 g/mol. The van der Waals surface area contributed by atoms with Gasteiger partial charge in [0.05, 0.1) is 20.8 Å². The molecule has 0 aliphatic carbocycles. The molecule has 4 rings (SSSR count). The molecule has 12 nitrogen and oxygen atoms in total. The molecule has 1 aromatic heterocycles. The molecule has 2 aromatic carbocycles. The normalized spacial score (nSPS) is 25.3. The lowest BCUT2D eigenvalue weighted by atomic mass is 9.99. The molecule has 12 heteroatoms. The van der Waals surface area contributed by atoms with E-state index in [0.29, 0.717) is 0 Å². The second-order valence-electron chi connectivity index (χ2n) is 7.37. The van der Waals surface area contributed by atoms with Crippen molar-refractivity contribution in [2.75, 3.05) is 20.8 Å². The van der Waals surface area contributed by atoms with Crippen LogP contribution in [0.5, 0.6) is 28.7 Å². The number of aromatic hydroxyl groups is 2. The van der Waals surface area contributed by atoms with E-state index in [0.717, 1.165) is 6.07 Å². The molecule has 1 aliphatic heterocycles. The number of hydrogen-bond donors (Lipinski definition) is 6. The van der Waals surface area contributed by atoms with Gasteiger partial charge in [0.25, 0.3) is 0 Å². The van der Waals surface area contributed by atoms with Crippen LogP contribution in [0.2, 0.25) is 0 Å². The third-order valence-electron chi connectivity index (χ3n) is 5.46.